The maximum atomic E-state index is 11.6. The minimum atomic E-state index is -0.426. The highest BCUT2D eigenvalue weighted by molar-refractivity contribution is 5.86. The van der Waals surface area contributed by atoms with E-state index in [1.54, 1.807) is 6.92 Å². The highest BCUT2D eigenvalue weighted by Crippen LogP contribution is 2.32. The minimum Gasteiger partial charge on any atom is -0.490 e. The zero-order chi connectivity index (χ0) is 25.9. The zero-order valence-electron chi connectivity index (χ0n) is 21.8. The number of rotatable bonds is 13. The SMILES string of the molecule is C=C(C)C(=O)OCCOc1cc(-c2ccc(-c3ccc(CCCCC)cc3)cc2C)ccc1CCO. The fourth-order valence-corrected chi connectivity index (χ4v) is 4.20. The monoisotopic (exact) mass is 486 g/mol. The molecule has 0 aliphatic rings. The van der Waals surface area contributed by atoms with Gasteiger partial charge in [-0.05, 0) is 78.1 Å². The first kappa shape index (κ1) is 27.2. The molecule has 3 rings (SSSR count). The van der Waals surface area contributed by atoms with Gasteiger partial charge in [-0.2, -0.15) is 0 Å². The molecule has 0 aliphatic carbocycles. The number of carbonyl (C=O) groups excluding carboxylic acids is 1. The van der Waals surface area contributed by atoms with Gasteiger partial charge in [0.15, 0.2) is 0 Å². The molecule has 0 spiro atoms. The van der Waals surface area contributed by atoms with Crippen molar-refractivity contribution in [1.29, 1.82) is 0 Å². The van der Waals surface area contributed by atoms with Crippen LogP contribution in [0.25, 0.3) is 22.3 Å². The van der Waals surface area contributed by atoms with Crippen LogP contribution in [0.2, 0.25) is 0 Å². The highest BCUT2D eigenvalue weighted by Gasteiger charge is 2.11. The zero-order valence-corrected chi connectivity index (χ0v) is 21.8. The van der Waals surface area contributed by atoms with E-state index < -0.39 is 5.97 Å². The topological polar surface area (TPSA) is 55.8 Å². The van der Waals surface area contributed by atoms with Gasteiger partial charge in [0, 0.05) is 12.2 Å². The first-order valence-electron chi connectivity index (χ1n) is 12.8. The van der Waals surface area contributed by atoms with Crippen molar-refractivity contribution in [3.8, 4) is 28.0 Å². The number of unbranched alkanes of at least 4 members (excludes halogenated alkanes) is 2. The molecule has 0 aromatic heterocycles. The number of aliphatic hydroxyl groups is 1. The molecule has 0 amide bonds. The molecule has 3 aromatic rings. The molecule has 0 heterocycles. The molecule has 1 N–H and O–H groups in total. The molecule has 0 saturated heterocycles. The van der Waals surface area contributed by atoms with Gasteiger partial charge in [0.05, 0.1) is 0 Å². The number of ether oxygens (including phenoxy) is 2. The Bertz CT molecular complexity index is 1160. The highest BCUT2D eigenvalue weighted by atomic mass is 16.6. The van der Waals surface area contributed by atoms with Crippen LogP contribution >= 0.6 is 0 Å². The summed E-state index contributed by atoms with van der Waals surface area (Å²) in [5.74, 6) is 0.264. The number of esters is 1. The van der Waals surface area contributed by atoms with Crippen LogP contribution in [0.3, 0.4) is 0 Å². The smallest absolute Gasteiger partial charge is 0.333 e. The first-order valence-corrected chi connectivity index (χ1v) is 12.8. The van der Waals surface area contributed by atoms with Crippen molar-refractivity contribution < 1.29 is 19.4 Å². The number of benzene rings is 3. The first-order chi connectivity index (χ1) is 17.4. The van der Waals surface area contributed by atoms with Crippen molar-refractivity contribution in [3.63, 3.8) is 0 Å². The summed E-state index contributed by atoms with van der Waals surface area (Å²) in [6.07, 6.45) is 5.39. The summed E-state index contributed by atoms with van der Waals surface area (Å²) in [4.78, 5) is 11.6. The summed E-state index contributed by atoms with van der Waals surface area (Å²) in [6, 6.07) is 21.5. The summed E-state index contributed by atoms with van der Waals surface area (Å²) in [5.41, 5.74) is 8.44. The van der Waals surface area contributed by atoms with E-state index in [4.69, 9.17) is 9.47 Å². The molecular formula is C32H38O4. The fourth-order valence-electron chi connectivity index (χ4n) is 4.20. The molecule has 0 atom stereocenters. The molecule has 4 heteroatoms. The van der Waals surface area contributed by atoms with Crippen LogP contribution in [0, 0.1) is 6.92 Å². The van der Waals surface area contributed by atoms with E-state index in [9.17, 15) is 9.90 Å². The molecule has 4 nitrogen and oxygen atoms in total. The molecule has 0 aliphatic heterocycles. The number of hydrogen-bond acceptors (Lipinski definition) is 4. The lowest BCUT2D eigenvalue weighted by atomic mass is 9.94. The van der Waals surface area contributed by atoms with Gasteiger partial charge in [-0.15, -0.1) is 0 Å². The normalized spacial score (nSPS) is 10.8. The summed E-state index contributed by atoms with van der Waals surface area (Å²) in [6.45, 7) is 9.95. The number of carbonyl (C=O) groups is 1. The lowest BCUT2D eigenvalue weighted by Gasteiger charge is -2.15. The Labute approximate surface area is 215 Å². The van der Waals surface area contributed by atoms with Crippen LogP contribution < -0.4 is 4.74 Å². The van der Waals surface area contributed by atoms with E-state index in [-0.39, 0.29) is 19.8 Å². The Morgan fingerprint density at radius 3 is 2.28 bits per heavy atom. The molecule has 0 bridgehead atoms. The Hall–Kier alpha value is -3.37. The van der Waals surface area contributed by atoms with Gasteiger partial charge >= 0.3 is 5.97 Å². The van der Waals surface area contributed by atoms with E-state index >= 15 is 0 Å². The van der Waals surface area contributed by atoms with Gasteiger partial charge in [0.25, 0.3) is 0 Å². The third-order valence-corrected chi connectivity index (χ3v) is 6.26. The summed E-state index contributed by atoms with van der Waals surface area (Å²) in [5, 5.41) is 9.46. The second-order valence-electron chi connectivity index (χ2n) is 9.24. The largest absolute Gasteiger partial charge is 0.490 e. The molecule has 0 unspecified atom stereocenters. The minimum absolute atomic E-state index is 0.0332. The average molecular weight is 487 g/mol. The lowest BCUT2D eigenvalue weighted by Crippen LogP contribution is -2.13. The molecular weight excluding hydrogens is 448 g/mol. The molecule has 0 saturated carbocycles. The number of aryl methyl sites for hydroxylation is 2. The van der Waals surface area contributed by atoms with Crippen LogP contribution in [-0.2, 0) is 22.4 Å². The third kappa shape index (κ3) is 7.56. The summed E-state index contributed by atoms with van der Waals surface area (Å²) >= 11 is 0. The second-order valence-corrected chi connectivity index (χ2v) is 9.24. The Morgan fingerprint density at radius 2 is 1.61 bits per heavy atom. The van der Waals surface area contributed by atoms with Crippen molar-refractivity contribution in [2.75, 3.05) is 19.8 Å². The molecule has 36 heavy (non-hydrogen) atoms. The summed E-state index contributed by atoms with van der Waals surface area (Å²) in [7, 11) is 0. The van der Waals surface area contributed by atoms with Gasteiger partial charge in [-0.1, -0.05) is 80.9 Å². The Kier molecular flexibility index (Phi) is 10.3. The van der Waals surface area contributed by atoms with Crippen LogP contribution in [0.4, 0.5) is 0 Å². The number of aliphatic hydroxyl groups excluding tert-OH is 1. The standard InChI is InChI=1S/C32H38O4/c1-5-6-7-8-25-9-11-26(12-10-25)28-15-16-30(24(4)21-28)29-14-13-27(17-18-33)31(22-29)35-19-20-36-32(34)23(2)3/h9-16,21-22,33H,2,5-8,17-20H2,1,3-4H3. The lowest BCUT2D eigenvalue weighted by molar-refractivity contribution is -0.139. The van der Waals surface area contributed by atoms with Gasteiger partial charge in [-0.25, -0.2) is 4.79 Å². The van der Waals surface area contributed by atoms with Gasteiger partial charge in [-0.3, -0.25) is 0 Å². The summed E-state index contributed by atoms with van der Waals surface area (Å²) < 4.78 is 11.1. The van der Waals surface area contributed by atoms with E-state index in [0.717, 1.165) is 23.1 Å². The van der Waals surface area contributed by atoms with Gasteiger partial charge < -0.3 is 14.6 Å². The molecule has 3 aromatic carbocycles. The second kappa shape index (κ2) is 13.6. The predicted molar refractivity (Wildman–Crippen MR) is 147 cm³/mol. The van der Waals surface area contributed by atoms with Crippen molar-refractivity contribution in [3.05, 3.63) is 89.5 Å². The Morgan fingerprint density at radius 1 is 0.889 bits per heavy atom. The maximum absolute atomic E-state index is 11.6. The van der Waals surface area contributed by atoms with E-state index in [1.807, 2.05) is 12.1 Å². The van der Waals surface area contributed by atoms with Crippen molar-refractivity contribution in [2.24, 2.45) is 0 Å². The molecule has 0 radical (unpaired) electrons. The Balaban J connectivity index is 1.75. The molecule has 190 valence electrons. The fraction of sp³-hybridized carbons (Fsp3) is 0.344. The maximum Gasteiger partial charge on any atom is 0.333 e. The van der Waals surface area contributed by atoms with Crippen molar-refractivity contribution in [2.45, 2.75) is 52.9 Å². The van der Waals surface area contributed by atoms with E-state index in [0.29, 0.717) is 17.7 Å². The number of hydrogen-bond donors (Lipinski definition) is 1. The van der Waals surface area contributed by atoms with Gasteiger partial charge in [0.1, 0.15) is 19.0 Å². The van der Waals surface area contributed by atoms with Crippen molar-refractivity contribution in [1.82, 2.24) is 0 Å². The average Bonchev–Trinajstić information content (AvgIpc) is 2.88. The van der Waals surface area contributed by atoms with E-state index in [2.05, 4.69) is 69.0 Å². The quantitative estimate of drug-likeness (QED) is 0.159. The van der Waals surface area contributed by atoms with E-state index in [1.165, 1.54) is 41.5 Å². The third-order valence-electron chi connectivity index (χ3n) is 6.26. The van der Waals surface area contributed by atoms with Crippen molar-refractivity contribution >= 4 is 5.97 Å². The van der Waals surface area contributed by atoms with Crippen LogP contribution in [0.1, 0.15) is 49.8 Å². The van der Waals surface area contributed by atoms with Crippen LogP contribution in [0.15, 0.2) is 72.8 Å². The van der Waals surface area contributed by atoms with Crippen LogP contribution in [0.5, 0.6) is 5.75 Å². The molecule has 0 fully saturated rings. The van der Waals surface area contributed by atoms with Crippen LogP contribution in [-0.4, -0.2) is 30.9 Å². The van der Waals surface area contributed by atoms with Gasteiger partial charge in [0.2, 0.25) is 0 Å². The predicted octanol–water partition coefficient (Wildman–Crippen LogP) is 7.09.